The smallest absolute Gasteiger partial charge is 0.353 e. The van der Waals surface area contributed by atoms with Crippen LogP contribution < -0.4 is 15.4 Å². The average Bonchev–Trinajstić information content (AvgIpc) is 2.78. The number of alkyl halides is 3. The third-order valence-corrected chi connectivity index (χ3v) is 6.08. The summed E-state index contributed by atoms with van der Waals surface area (Å²) in [5.41, 5.74) is 0.877. The second-order valence-electron chi connectivity index (χ2n) is 7.41. The Labute approximate surface area is 187 Å². The number of primary sulfonamides is 1. The SMILES string of the molecule is NS(=O)(=O)c1ccc(-c2nc(C(F)(F)F)nc(N3CCNCC3)c2-c2ccc(F)cc2)cc1. The maximum atomic E-state index is 13.7. The molecule has 1 saturated heterocycles. The maximum absolute atomic E-state index is 13.7. The number of hydrogen-bond donors (Lipinski definition) is 2. The van der Waals surface area contributed by atoms with Gasteiger partial charge in [-0.15, -0.1) is 0 Å². The van der Waals surface area contributed by atoms with E-state index < -0.39 is 27.8 Å². The lowest BCUT2D eigenvalue weighted by Crippen LogP contribution is -2.44. The van der Waals surface area contributed by atoms with Crippen LogP contribution in [0.15, 0.2) is 53.4 Å². The first kappa shape index (κ1) is 23.1. The zero-order valence-corrected chi connectivity index (χ0v) is 17.9. The van der Waals surface area contributed by atoms with Crippen molar-refractivity contribution in [2.45, 2.75) is 11.1 Å². The van der Waals surface area contributed by atoms with Crippen LogP contribution in [0.1, 0.15) is 5.82 Å². The number of piperazine rings is 1. The molecule has 0 radical (unpaired) electrons. The third kappa shape index (κ3) is 4.97. The predicted molar refractivity (Wildman–Crippen MR) is 114 cm³/mol. The van der Waals surface area contributed by atoms with E-state index in [4.69, 9.17) is 5.14 Å². The molecule has 7 nitrogen and oxygen atoms in total. The van der Waals surface area contributed by atoms with Gasteiger partial charge in [0.05, 0.1) is 16.2 Å². The molecule has 2 aromatic carbocycles. The second kappa shape index (κ2) is 8.69. The van der Waals surface area contributed by atoms with Gasteiger partial charge in [-0.25, -0.2) is 27.9 Å². The van der Waals surface area contributed by atoms with E-state index in [0.717, 1.165) is 0 Å². The summed E-state index contributed by atoms with van der Waals surface area (Å²) in [5, 5.41) is 8.27. The van der Waals surface area contributed by atoms with E-state index in [1.807, 2.05) is 0 Å². The minimum absolute atomic E-state index is 0.0570. The van der Waals surface area contributed by atoms with Crippen molar-refractivity contribution in [1.82, 2.24) is 15.3 Å². The molecular formula is C21H19F4N5O2S. The summed E-state index contributed by atoms with van der Waals surface area (Å²) in [6.07, 6.45) is -4.82. The van der Waals surface area contributed by atoms with E-state index in [2.05, 4.69) is 15.3 Å². The number of hydrogen-bond acceptors (Lipinski definition) is 6. The van der Waals surface area contributed by atoms with Crippen LogP contribution in [-0.2, 0) is 16.2 Å². The van der Waals surface area contributed by atoms with Gasteiger partial charge in [0.25, 0.3) is 0 Å². The molecule has 0 unspecified atom stereocenters. The standard InChI is InChI=1S/C21H19F4N5O2S/c22-15-5-1-13(2-6-15)17-18(14-3-7-16(8-4-14)33(26,31)32)28-20(21(23,24)25)29-19(17)30-11-9-27-10-12-30/h1-8,27H,9-12H2,(H2,26,31,32). The molecule has 3 N–H and O–H groups in total. The maximum Gasteiger partial charge on any atom is 0.451 e. The van der Waals surface area contributed by atoms with Crippen LogP contribution in [0.4, 0.5) is 23.4 Å². The zero-order valence-electron chi connectivity index (χ0n) is 17.1. The molecule has 0 spiro atoms. The van der Waals surface area contributed by atoms with E-state index >= 15 is 0 Å². The fourth-order valence-corrected chi connectivity index (χ4v) is 4.09. The van der Waals surface area contributed by atoms with E-state index in [-0.39, 0.29) is 27.5 Å². The summed E-state index contributed by atoms with van der Waals surface area (Å²) < 4.78 is 78.0. The number of nitrogens with two attached hydrogens (primary N) is 1. The number of nitrogens with zero attached hydrogens (tertiary/aromatic N) is 3. The van der Waals surface area contributed by atoms with Crippen molar-refractivity contribution in [2.24, 2.45) is 5.14 Å². The molecule has 0 amide bonds. The van der Waals surface area contributed by atoms with E-state index in [1.54, 1.807) is 4.90 Å². The van der Waals surface area contributed by atoms with Gasteiger partial charge in [0, 0.05) is 31.7 Å². The fraction of sp³-hybridized carbons (Fsp3) is 0.238. The van der Waals surface area contributed by atoms with Gasteiger partial charge in [-0.3, -0.25) is 0 Å². The monoisotopic (exact) mass is 481 g/mol. The molecule has 174 valence electrons. The largest absolute Gasteiger partial charge is 0.451 e. The quantitative estimate of drug-likeness (QED) is 0.556. The Morgan fingerprint density at radius 2 is 1.48 bits per heavy atom. The van der Waals surface area contributed by atoms with E-state index in [1.165, 1.54) is 48.5 Å². The molecule has 3 aromatic rings. The lowest BCUT2D eigenvalue weighted by Gasteiger charge is -2.31. The molecule has 1 aliphatic rings. The third-order valence-electron chi connectivity index (χ3n) is 5.15. The highest BCUT2D eigenvalue weighted by molar-refractivity contribution is 7.89. The molecular weight excluding hydrogens is 462 g/mol. The van der Waals surface area contributed by atoms with Gasteiger partial charge < -0.3 is 10.2 Å². The first-order valence-corrected chi connectivity index (χ1v) is 11.4. The molecule has 2 heterocycles. The minimum Gasteiger partial charge on any atom is -0.353 e. The van der Waals surface area contributed by atoms with E-state index in [0.29, 0.717) is 31.7 Å². The highest BCUT2D eigenvalue weighted by Crippen LogP contribution is 2.40. The average molecular weight is 481 g/mol. The Kier molecular flexibility index (Phi) is 6.08. The van der Waals surface area contributed by atoms with Crippen molar-refractivity contribution in [3.63, 3.8) is 0 Å². The molecule has 4 rings (SSSR count). The molecule has 1 aliphatic heterocycles. The van der Waals surface area contributed by atoms with Crippen molar-refractivity contribution < 1.29 is 26.0 Å². The fourth-order valence-electron chi connectivity index (χ4n) is 3.57. The highest BCUT2D eigenvalue weighted by atomic mass is 32.2. The molecule has 0 saturated carbocycles. The Hall–Kier alpha value is -3.09. The van der Waals surface area contributed by atoms with Crippen LogP contribution in [0.2, 0.25) is 0 Å². The number of sulfonamides is 1. The first-order valence-electron chi connectivity index (χ1n) is 9.88. The normalized spacial score (nSPS) is 15.0. The van der Waals surface area contributed by atoms with Gasteiger partial charge in [-0.1, -0.05) is 24.3 Å². The summed E-state index contributed by atoms with van der Waals surface area (Å²) in [6.45, 7) is 1.91. The van der Waals surface area contributed by atoms with Gasteiger partial charge >= 0.3 is 6.18 Å². The Bertz CT molecular complexity index is 1260. The molecule has 33 heavy (non-hydrogen) atoms. The summed E-state index contributed by atoms with van der Waals surface area (Å²) in [7, 11) is -4.00. The number of anilines is 1. The number of aromatic nitrogens is 2. The van der Waals surface area contributed by atoms with E-state index in [9.17, 15) is 26.0 Å². The number of rotatable bonds is 4. The van der Waals surface area contributed by atoms with Gasteiger partial charge in [0.2, 0.25) is 15.8 Å². The van der Waals surface area contributed by atoms with Crippen molar-refractivity contribution in [2.75, 3.05) is 31.1 Å². The lowest BCUT2D eigenvalue weighted by molar-refractivity contribution is -0.144. The zero-order chi connectivity index (χ0) is 23.8. The Balaban J connectivity index is 2.00. The molecule has 1 aromatic heterocycles. The molecule has 0 aliphatic carbocycles. The van der Waals surface area contributed by atoms with Crippen LogP contribution in [0, 0.1) is 5.82 Å². The summed E-state index contributed by atoms with van der Waals surface area (Å²) in [4.78, 5) is 9.19. The summed E-state index contributed by atoms with van der Waals surface area (Å²) >= 11 is 0. The lowest BCUT2D eigenvalue weighted by atomic mass is 9.98. The number of halogens is 4. The summed E-state index contributed by atoms with van der Waals surface area (Å²) in [5.74, 6) is -1.77. The summed E-state index contributed by atoms with van der Waals surface area (Å²) in [6, 6.07) is 10.3. The van der Waals surface area contributed by atoms with Gasteiger partial charge in [0.15, 0.2) is 0 Å². The van der Waals surface area contributed by atoms with Crippen LogP contribution in [0.25, 0.3) is 22.4 Å². The van der Waals surface area contributed by atoms with Crippen molar-refractivity contribution in [1.29, 1.82) is 0 Å². The molecule has 1 fully saturated rings. The number of benzene rings is 2. The Morgan fingerprint density at radius 1 is 0.909 bits per heavy atom. The van der Waals surface area contributed by atoms with Gasteiger partial charge in [-0.05, 0) is 29.8 Å². The minimum atomic E-state index is -4.82. The predicted octanol–water partition coefficient (Wildman–Crippen LogP) is 3.03. The molecule has 12 heteroatoms. The topological polar surface area (TPSA) is 101 Å². The van der Waals surface area contributed by atoms with Crippen molar-refractivity contribution in [3.05, 3.63) is 60.2 Å². The van der Waals surface area contributed by atoms with Crippen LogP contribution in [0.3, 0.4) is 0 Å². The van der Waals surface area contributed by atoms with Crippen LogP contribution >= 0.6 is 0 Å². The number of nitrogens with one attached hydrogen (secondary N) is 1. The van der Waals surface area contributed by atoms with Crippen LogP contribution in [-0.4, -0.2) is 44.6 Å². The Morgan fingerprint density at radius 3 is 2.03 bits per heavy atom. The van der Waals surface area contributed by atoms with Gasteiger partial charge in [0.1, 0.15) is 11.6 Å². The van der Waals surface area contributed by atoms with Gasteiger partial charge in [-0.2, -0.15) is 13.2 Å². The highest BCUT2D eigenvalue weighted by Gasteiger charge is 2.37. The first-order chi connectivity index (χ1) is 15.5. The van der Waals surface area contributed by atoms with Crippen LogP contribution in [0.5, 0.6) is 0 Å². The van der Waals surface area contributed by atoms with Crippen molar-refractivity contribution >= 4 is 15.8 Å². The molecule has 0 bridgehead atoms. The van der Waals surface area contributed by atoms with Crippen molar-refractivity contribution in [3.8, 4) is 22.4 Å². The second-order valence-corrected chi connectivity index (χ2v) is 8.97. The molecule has 0 atom stereocenters.